The Bertz CT molecular complexity index is 733. The number of hydrogen-bond donors (Lipinski definition) is 0. The summed E-state index contributed by atoms with van der Waals surface area (Å²) in [6.07, 6.45) is 5.40. The molecule has 0 saturated heterocycles. The molecule has 90 valence electrons. The summed E-state index contributed by atoms with van der Waals surface area (Å²) < 4.78 is 2.97. The quantitative estimate of drug-likeness (QED) is 0.693. The highest BCUT2D eigenvalue weighted by Gasteiger charge is 2.09. The lowest BCUT2D eigenvalue weighted by molar-refractivity contribution is 1.00. The summed E-state index contributed by atoms with van der Waals surface area (Å²) in [6, 6.07) is 3.92. The van der Waals surface area contributed by atoms with Gasteiger partial charge in [0.1, 0.15) is 5.52 Å². The van der Waals surface area contributed by atoms with E-state index in [9.17, 15) is 0 Å². The van der Waals surface area contributed by atoms with Crippen LogP contribution in [-0.4, -0.2) is 19.5 Å². The highest BCUT2D eigenvalue weighted by molar-refractivity contribution is 9.10. The molecule has 0 aliphatic heterocycles. The largest absolute Gasteiger partial charge is 0.301 e. The first-order valence-electron chi connectivity index (χ1n) is 5.58. The van der Waals surface area contributed by atoms with Crippen molar-refractivity contribution in [3.63, 3.8) is 0 Å². The maximum absolute atomic E-state index is 4.45. The van der Waals surface area contributed by atoms with Crippen molar-refractivity contribution in [1.29, 1.82) is 0 Å². The van der Waals surface area contributed by atoms with Gasteiger partial charge in [-0.05, 0) is 41.9 Å². The van der Waals surface area contributed by atoms with Crippen molar-refractivity contribution in [1.82, 2.24) is 19.5 Å². The second-order valence-electron chi connectivity index (χ2n) is 4.14. The SMILES string of the molecule is Cc1ncn(-c2ccnc3cc(Br)cnc23)c1C. The Morgan fingerprint density at radius 1 is 1.17 bits per heavy atom. The Labute approximate surface area is 113 Å². The smallest absolute Gasteiger partial charge is 0.113 e. The van der Waals surface area contributed by atoms with Crippen LogP contribution in [0.15, 0.2) is 35.3 Å². The van der Waals surface area contributed by atoms with E-state index in [1.54, 1.807) is 12.4 Å². The van der Waals surface area contributed by atoms with E-state index in [4.69, 9.17) is 0 Å². The van der Waals surface area contributed by atoms with Gasteiger partial charge in [-0.25, -0.2) is 4.98 Å². The van der Waals surface area contributed by atoms with Crippen LogP contribution in [0.25, 0.3) is 16.7 Å². The topological polar surface area (TPSA) is 43.6 Å². The molecule has 0 saturated carbocycles. The van der Waals surface area contributed by atoms with Crippen molar-refractivity contribution in [3.05, 3.63) is 46.7 Å². The van der Waals surface area contributed by atoms with E-state index in [1.165, 1.54) is 0 Å². The Morgan fingerprint density at radius 3 is 2.72 bits per heavy atom. The number of halogens is 1. The lowest BCUT2D eigenvalue weighted by Crippen LogP contribution is -1.98. The molecule has 0 fully saturated rings. The van der Waals surface area contributed by atoms with Crippen LogP contribution < -0.4 is 0 Å². The summed E-state index contributed by atoms with van der Waals surface area (Å²) in [4.78, 5) is 13.1. The van der Waals surface area contributed by atoms with Crippen LogP contribution in [0.2, 0.25) is 0 Å². The lowest BCUT2D eigenvalue weighted by atomic mass is 10.2. The first-order chi connectivity index (χ1) is 8.66. The van der Waals surface area contributed by atoms with Gasteiger partial charge in [-0.2, -0.15) is 0 Å². The molecule has 0 radical (unpaired) electrons. The van der Waals surface area contributed by atoms with Gasteiger partial charge in [0.15, 0.2) is 0 Å². The zero-order chi connectivity index (χ0) is 12.7. The normalized spacial score (nSPS) is 11.1. The van der Waals surface area contributed by atoms with Gasteiger partial charge in [0, 0.05) is 22.6 Å². The van der Waals surface area contributed by atoms with E-state index in [-0.39, 0.29) is 0 Å². The van der Waals surface area contributed by atoms with Crippen LogP contribution in [0.1, 0.15) is 11.4 Å². The molecule has 0 atom stereocenters. The number of imidazole rings is 1. The molecule has 4 nitrogen and oxygen atoms in total. The fourth-order valence-electron chi connectivity index (χ4n) is 1.93. The summed E-state index contributed by atoms with van der Waals surface area (Å²) in [6.45, 7) is 4.05. The molecule has 3 aromatic heterocycles. The van der Waals surface area contributed by atoms with Crippen LogP contribution in [0.5, 0.6) is 0 Å². The predicted octanol–water partition coefficient (Wildman–Crippen LogP) is 3.19. The van der Waals surface area contributed by atoms with Gasteiger partial charge in [0.2, 0.25) is 0 Å². The van der Waals surface area contributed by atoms with Gasteiger partial charge < -0.3 is 4.57 Å². The molecule has 0 N–H and O–H groups in total. The molecule has 18 heavy (non-hydrogen) atoms. The fraction of sp³-hybridized carbons (Fsp3) is 0.154. The highest BCUT2D eigenvalue weighted by Crippen LogP contribution is 2.22. The third-order valence-electron chi connectivity index (χ3n) is 3.03. The van der Waals surface area contributed by atoms with Gasteiger partial charge in [0.25, 0.3) is 0 Å². The second-order valence-corrected chi connectivity index (χ2v) is 5.05. The maximum atomic E-state index is 4.45. The number of hydrogen-bond acceptors (Lipinski definition) is 3. The first kappa shape index (κ1) is 11.3. The molecule has 0 aromatic carbocycles. The number of aryl methyl sites for hydroxylation is 1. The standard InChI is InChI=1S/C13H11BrN4/c1-8-9(2)18(7-17-8)12-3-4-15-11-5-10(14)6-16-13(11)12/h3-7H,1-2H3. The summed E-state index contributed by atoms with van der Waals surface area (Å²) in [5, 5.41) is 0. The van der Waals surface area contributed by atoms with E-state index < -0.39 is 0 Å². The van der Waals surface area contributed by atoms with Crippen molar-refractivity contribution < 1.29 is 0 Å². The Hall–Kier alpha value is -1.75. The van der Waals surface area contributed by atoms with Crippen LogP contribution in [0.4, 0.5) is 0 Å². The van der Waals surface area contributed by atoms with E-state index in [2.05, 4.69) is 30.9 Å². The van der Waals surface area contributed by atoms with Crippen LogP contribution in [-0.2, 0) is 0 Å². The lowest BCUT2D eigenvalue weighted by Gasteiger charge is -2.08. The third-order valence-corrected chi connectivity index (χ3v) is 3.47. The molecule has 0 amide bonds. The number of aromatic nitrogens is 4. The summed E-state index contributed by atoms with van der Waals surface area (Å²) in [5.74, 6) is 0. The summed E-state index contributed by atoms with van der Waals surface area (Å²) in [7, 11) is 0. The average Bonchev–Trinajstić information content (AvgIpc) is 2.69. The van der Waals surface area contributed by atoms with Gasteiger partial charge in [-0.15, -0.1) is 0 Å². The second kappa shape index (κ2) is 4.17. The minimum absolute atomic E-state index is 0.868. The molecule has 3 rings (SSSR count). The minimum atomic E-state index is 0.868. The Kier molecular flexibility index (Phi) is 2.63. The first-order valence-corrected chi connectivity index (χ1v) is 6.37. The van der Waals surface area contributed by atoms with Crippen LogP contribution in [0, 0.1) is 13.8 Å². The number of rotatable bonds is 1. The molecule has 3 heterocycles. The zero-order valence-electron chi connectivity index (χ0n) is 10.1. The molecular weight excluding hydrogens is 292 g/mol. The monoisotopic (exact) mass is 302 g/mol. The molecule has 0 aliphatic rings. The number of nitrogens with zero attached hydrogens (tertiary/aromatic N) is 4. The number of pyridine rings is 2. The minimum Gasteiger partial charge on any atom is -0.301 e. The van der Waals surface area contributed by atoms with Gasteiger partial charge in [0.05, 0.1) is 23.2 Å². The molecule has 5 heteroatoms. The average molecular weight is 303 g/mol. The molecule has 0 bridgehead atoms. The van der Waals surface area contributed by atoms with Gasteiger partial charge in [-0.3, -0.25) is 9.97 Å². The van der Waals surface area contributed by atoms with Gasteiger partial charge in [-0.1, -0.05) is 0 Å². The molecule has 0 unspecified atom stereocenters. The van der Waals surface area contributed by atoms with Crippen molar-refractivity contribution >= 4 is 27.0 Å². The summed E-state index contributed by atoms with van der Waals surface area (Å²) in [5.41, 5.74) is 4.89. The maximum Gasteiger partial charge on any atom is 0.113 e. The van der Waals surface area contributed by atoms with Gasteiger partial charge >= 0.3 is 0 Å². The molecule has 0 aliphatic carbocycles. The molecule has 3 aromatic rings. The molecular formula is C13H11BrN4. The zero-order valence-corrected chi connectivity index (χ0v) is 11.6. The Morgan fingerprint density at radius 2 is 2.00 bits per heavy atom. The fourth-order valence-corrected chi connectivity index (χ4v) is 2.25. The van der Waals surface area contributed by atoms with E-state index >= 15 is 0 Å². The Balaban J connectivity index is 2.33. The predicted molar refractivity (Wildman–Crippen MR) is 73.8 cm³/mol. The van der Waals surface area contributed by atoms with Crippen molar-refractivity contribution in [2.75, 3.05) is 0 Å². The van der Waals surface area contributed by atoms with Crippen LogP contribution >= 0.6 is 15.9 Å². The summed E-state index contributed by atoms with van der Waals surface area (Å²) >= 11 is 3.41. The van der Waals surface area contributed by atoms with Crippen molar-refractivity contribution in [3.8, 4) is 5.69 Å². The van der Waals surface area contributed by atoms with Crippen LogP contribution in [0.3, 0.4) is 0 Å². The van der Waals surface area contributed by atoms with E-state index in [1.807, 2.05) is 36.9 Å². The van der Waals surface area contributed by atoms with Crippen molar-refractivity contribution in [2.24, 2.45) is 0 Å². The molecule has 0 spiro atoms. The highest BCUT2D eigenvalue weighted by atomic mass is 79.9. The third kappa shape index (κ3) is 1.71. The van der Waals surface area contributed by atoms with E-state index in [0.717, 1.165) is 32.6 Å². The van der Waals surface area contributed by atoms with E-state index in [0.29, 0.717) is 0 Å². The number of fused-ring (bicyclic) bond motifs is 1. The van der Waals surface area contributed by atoms with Crippen molar-refractivity contribution in [2.45, 2.75) is 13.8 Å².